The molecule has 1 N–H and O–H groups in total. The van der Waals surface area contributed by atoms with Gasteiger partial charge in [0.25, 0.3) is 0 Å². The SMILES string of the molecule is FC(F)(F)c1cc(CNc2ccc(N3CCOCC3)cn2)cc(C(F)(F)F)c1. The Hall–Kier alpha value is -2.49. The van der Waals surface area contributed by atoms with Gasteiger partial charge in [-0.15, -0.1) is 0 Å². The minimum absolute atomic E-state index is 0.110. The summed E-state index contributed by atoms with van der Waals surface area (Å²) in [6.45, 7) is 2.43. The second-order valence-corrected chi connectivity index (χ2v) is 6.27. The molecule has 4 nitrogen and oxygen atoms in total. The number of halogens is 6. The zero-order valence-corrected chi connectivity index (χ0v) is 14.6. The highest BCUT2D eigenvalue weighted by Crippen LogP contribution is 2.36. The van der Waals surface area contributed by atoms with Crippen LogP contribution >= 0.6 is 0 Å². The summed E-state index contributed by atoms with van der Waals surface area (Å²) in [6.07, 6.45) is -8.14. The number of anilines is 2. The maximum absolute atomic E-state index is 12.9. The molecule has 1 aromatic heterocycles. The standard InChI is InChI=1S/C18H17F6N3O/c19-17(20,21)13-7-12(8-14(9-13)18(22,23)24)10-25-16-2-1-15(11-26-16)27-3-5-28-6-4-27/h1-2,7-9,11H,3-6,10H2,(H,25,26). The van der Waals surface area contributed by atoms with Crippen molar-refractivity contribution in [1.82, 2.24) is 4.98 Å². The number of nitrogens with one attached hydrogen (secondary N) is 1. The highest BCUT2D eigenvalue weighted by atomic mass is 19.4. The van der Waals surface area contributed by atoms with Crippen molar-refractivity contribution in [3.63, 3.8) is 0 Å². The summed E-state index contributed by atoms with van der Waals surface area (Å²) >= 11 is 0. The summed E-state index contributed by atoms with van der Waals surface area (Å²) in [6, 6.07) is 4.92. The van der Waals surface area contributed by atoms with E-state index in [4.69, 9.17) is 4.74 Å². The van der Waals surface area contributed by atoms with Gasteiger partial charge in [0.05, 0.1) is 36.2 Å². The molecule has 152 valence electrons. The molecule has 0 unspecified atom stereocenters. The molecule has 1 fully saturated rings. The largest absolute Gasteiger partial charge is 0.416 e. The zero-order valence-electron chi connectivity index (χ0n) is 14.6. The number of hydrogen-bond donors (Lipinski definition) is 1. The zero-order chi connectivity index (χ0) is 20.4. The number of aromatic nitrogens is 1. The number of ether oxygens (including phenoxy) is 1. The molecule has 0 aliphatic carbocycles. The molecule has 0 spiro atoms. The van der Waals surface area contributed by atoms with Gasteiger partial charge in [0.15, 0.2) is 0 Å². The van der Waals surface area contributed by atoms with E-state index in [-0.39, 0.29) is 18.2 Å². The lowest BCUT2D eigenvalue weighted by atomic mass is 10.0. The lowest BCUT2D eigenvalue weighted by Gasteiger charge is -2.28. The first-order valence-electron chi connectivity index (χ1n) is 8.44. The van der Waals surface area contributed by atoms with Gasteiger partial charge in [-0.25, -0.2) is 4.98 Å². The fraction of sp³-hybridized carbons (Fsp3) is 0.389. The maximum Gasteiger partial charge on any atom is 0.416 e. The number of nitrogens with zero attached hydrogens (tertiary/aromatic N) is 2. The number of morpholine rings is 1. The third kappa shape index (κ3) is 5.06. The summed E-state index contributed by atoms with van der Waals surface area (Å²) in [5, 5.41) is 2.76. The number of benzene rings is 1. The second-order valence-electron chi connectivity index (χ2n) is 6.27. The molecular weight excluding hydrogens is 388 g/mol. The van der Waals surface area contributed by atoms with Gasteiger partial charge < -0.3 is 15.0 Å². The van der Waals surface area contributed by atoms with Crippen LogP contribution in [0.25, 0.3) is 0 Å². The minimum Gasteiger partial charge on any atom is -0.378 e. The summed E-state index contributed by atoms with van der Waals surface area (Å²) in [7, 11) is 0. The Morgan fingerprint density at radius 1 is 0.929 bits per heavy atom. The van der Waals surface area contributed by atoms with Gasteiger partial charge in [-0.05, 0) is 35.9 Å². The predicted octanol–water partition coefficient (Wildman–Crippen LogP) is 4.57. The van der Waals surface area contributed by atoms with Crippen molar-refractivity contribution in [2.24, 2.45) is 0 Å². The van der Waals surface area contributed by atoms with Gasteiger partial charge in [-0.1, -0.05) is 0 Å². The fourth-order valence-electron chi connectivity index (χ4n) is 2.81. The Bertz CT molecular complexity index is 766. The molecule has 1 aliphatic rings. The van der Waals surface area contributed by atoms with Crippen LogP contribution in [0.15, 0.2) is 36.5 Å². The molecule has 0 bridgehead atoms. The monoisotopic (exact) mass is 405 g/mol. The summed E-state index contributed by atoms with van der Waals surface area (Å²) in [5.74, 6) is 0.350. The van der Waals surface area contributed by atoms with Crippen LogP contribution in [0.1, 0.15) is 16.7 Å². The Labute approximate surface area is 157 Å². The molecule has 1 aliphatic heterocycles. The average Bonchev–Trinajstić information content (AvgIpc) is 2.66. The van der Waals surface area contributed by atoms with Crippen LogP contribution < -0.4 is 10.2 Å². The molecular formula is C18H17F6N3O. The lowest BCUT2D eigenvalue weighted by Crippen LogP contribution is -2.36. The minimum atomic E-state index is -4.87. The van der Waals surface area contributed by atoms with Crippen LogP contribution in [0.2, 0.25) is 0 Å². The fourth-order valence-corrected chi connectivity index (χ4v) is 2.81. The highest BCUT2D eigenvalue weighted by Gasteiger charge is 2.36. The molecule has 28 heavy (non-hydrogen) atoms. The molecule has 1 saturated heterocycles. The Balaban J connectivity index is 1.73. The van der Waals surface area contributed by atoms with Crippen molar-refractivity contribution in [3.8, 4) is 0 Å². The van der Waals surface area contributed by atoms with Crippen molar-refractivity contribution in [1.29, 1.82) is 0 Å². The van der Waals surface area contributed by atoms with Gasteiger partial charge >= 0.3 is 12.4 Å². The van der Waals surface area contributed by atoms with E-state index in [1.807, 2.05) is 0 Å². The molecule has 0 radical (unpaired) electrons. The van der Waals surface area contributed by atoms with E-state index in [0.29, 0.717) is 31.2 Å². The van der Waals surface area contributed by atoms with Crippen molar-refractivity contribution >= 4 is 11.5 Å². The number of rotatable bonds is 4. The molecule has 10 heteroatoms. The normalized spacial score (nSPS) is 15.6. The lowest BCUT2D eigenvalue weighted by molar-refractivity contribution is -0.143. The van der Waals surface area contributed by atoms with E-state index in [1.54, 1.807) is 18.3 Å². The van der Waals surface area contributed by atoms with Crippen molar-refractivity contribution in [2.45, 2.75) is 18.9 Å². The molecule has 3 rings (SSSR count). The predicted molar refractivity (Wildman–Crippen MR) is 91.0 cm³/mol. The van der Waals surface area contributed by atoms with Gasteiger partial charge in [-0.2, -0.15) is 26.3 Å². The van der Waals surface area contributed by atoms with Crippen LogP contribution in [0, 0.1) is 0 Å². The smallest absolute Gasteiger partial charge is 0.378 e. The van der Waals surface area contributed by atoms with E-state index < -0.39 is 23.5 Å². The van der Waals surface area contributed by atoms with Crippen LogP contribution in [-0.4, -0.2) is 31.3 Å². The van der Waals surface area contributed by atoms with E-state index in [9.17, 15) is 26.3 Å². The Morgan fingerprint density at radius 3 is 2.04 bits per heavy atom. The van der Waals surface area contributed by atoms with Crippen molar-refractivity contribution in [2.75, 3.05) is 36.5 Å². The Kier molecular flexibility index (Phi) is 5.69. The maximum atomic E-state index is 12.9. The van der Waals surface area contributed by atoms with Crippen LogP contribution in [0.5, 0.6) is 0 Å². The van der Waals surface area contributed by atoms with E-state index >= 15 is 0 Å². The molecule has 0 atom stereocenters. The van der Waals surface area contributed by atoms with Gasteiger partial charge in [-0.3, -0.25) is 0 Å². The molecule has 0 amide bonds. The van der Waals surface area contributed by atoms with Gasteiger partial charge in [0.2, 0.25) is 0 Å². The van der Waals surface area contributed by atoms with E-state index in [2.05, 4.69) is 15.2 Å². The topological polar surface area (TPSA) is 37.4 Å². The summed E-state index contributed by atoms with van der Waals surface area (Å²) < 4.78 is 82.7. The quantitative estimate of drug-likeness (QED) is 0.757. The third-order valence-corrected chi connectivity index (χ3v) is 4.25. The third-order valence-electron chi connectivity index (χ3n) is 4.25. The molecule has 0 saturated carbocycles. The van der Waals surface area contributed by atoms with Crippen LogP contribution in [0.3, 0.4) is 0 Å². The van der Waals surface area contributed by atoms with Gasteiger partial charge in [0, 0.05) is 19.6 Å². The van der Waals surface area contributed by atoms with Gasteiger partial charge in [0.1, 0.15) is 5.82 Å². The Morgan fingerprint density at radius 2 is 1.54 bits per heavy atom. The van der Waals surface area contributed by atoms with E-state index in [0.717, 1.165) is 18.8 Å². The highest BCUT2D eigenvalue weighted by molar-refractivity contribution is 5.50. The number of hydrogen-bond acceptors (Lipinski definition) is 4. The first kappa shape index (κ1) is 20.2. The second kappa shape index (κ2) is 7.86. The van der Waals surface area contributed by atoms with Crippen LogP contribution in [-0.2, 0) is 23.6 Å². The summed E-state index contributed by atoms with van der Waals surface area (Å²) in [5.41, 5.74) is -1.95. The summed E-state index contributed by atoms with van der Waals surface area (Å²) in [4.78, 5) is 6.25. The number of pyridine rings is 1. The average molecular weight is 405 g/mol. The first-order valence-corrected chi connectivity index (χ1v) is 8.44. The first-order chi connectivity index (χ1) is 13.1. The van der Waals surface area contributed by atoms with E-state index in [1.165, 1.54) is 0 Å². The molecule has 2 aromatic rings. The number of alkyl halides is 6. The van der Waals surface area contributed by atoms with Crippen LogP contribution in [0.4, 0.5) is 37.8 Å². The molecule has 2 heterocycles. The van der Waals surface area contributed by atoms with Crippen molar-refractivity contribution in [3.05, 3.63) is 53.2 Å². The molecule has 1 aromatic carbocycles. The van der Waals surface area contributed by atoms with Crippen molar-refractivity contribution < 1.29 is 31.1 Å².